The third-order valence-electron chi connectivity index (χ3n) is 5.68. The number of ether oxygens (including phenoxy) is 2. The Morgan fingerprint density at radius 3 is 2.65 bits per heavy atom. The summed E-state index contributed by atoms with van der Waals surface area (Å²) >= 11 is 0. The Labute approximate surface area is 181 Å². The molecule has 4 rings (SSSR count). The maximum absolute atomic E-state index is 13.0. The van der Waals surface area contributed by atoms with Gasteiger partial charge in [0.25, 0.3) is 5.91 Å². The quantitative estimate of drug-likeness (QED) is 0.529. The Bertz CT molecular complexity index is 993. The lowest BCUT2D eigenvalue weighted by atomic mass is 9.94. The molecule has 164 valence electrons. The van der Waals surface area contributed by atoms with Crippen molar-refractivity contribution in [2.45, 2.75) is 44.6 Å². The Hall–Kier alpha value is -3.29. The smallest absolute Gasteiger partial charge is 0.289 e. The first-order valence-electron chi connectivity index (χ1n) is 10.6. The molecule has 1 aromatic carbocycles. The molecule has 8 nitrogen and oxygen atoms in total. The van der Waals surface area contributed by atoms with Gasteiger partial charge in [-0.05, 0) is 43.2 Å². The van der Waals surface area contributed by atoms with Crippen molar-refractivity contribution in [3.8, 4) is 22.9 Å². The second-order valence-corrected chi connectivity index (χ2v) is 7.60. The molecule has 0 saturated heterocycles. The maximum atomic E-state index is 13.0. The third kappa shape index (κ3) is 4.73. The lowest BCUT2D eigenvalue weighted by molar-refractivity contribution is 0.0599. The summed E-state index contributed by atoms with van der Waals surface area (Å²) in [5.74, 6) is 2.46. The predicted octanol–water partition coefficient (Wildman–Crippen LogP) is 4.36. The first-order chi connectivity index (χ1) is 15.2. The van der Waals surface area contributed by atoms with Gasteiger partial charge in [-0.25, -0.2) is 0 Å². The highest BCUT2D eigenvalue weighted by molar-refractivity contribution is 5.91. The number of hydrogen-bond donors (Lipinski definition) is 0. The molecule has 0 atom stereocenters. The van der Waals surface area contributed by atoms with Crippen LogP contribution in [0.3, 0.4) is 0 Å². The van der Waals surface area contributed by atoms with Gasteiger partial charge in [0.1, 0.15) is 0 Å². The van der Waals surface area contributed by atoms with E-state index in [-0.39, 0.29) is 11.9 Å². The fourth-order valence-electron chi connectivity index (χ4n) is 4.05. The number of hydrogen-bond acceptors (Lipinski definition) is 7. The Morgan fingerprint density at radius 1 is 1.13 bits per heavy atom. The molecule has 1 amide bonds. The molecule has 8 heteroatoms. The van der Waals surface area contributed by atoms with Crippen LogP contribution < -0.4 is 9.47 Å². The zero-order valence-electron chi connectivity index (χ0n) is 17.9. The van der Waals surface area contributed by atoms with E-state index < -0.39 is 0 Å². The lowest BCUT2D eigenvalue weighted by Crippen LogP contribution is -2.42. The minimum Gasteiger partial charge on any atom is -0.493 e. The molecular weight excluding hydrogens is 398 g/mol. The van der Waals surface area contributed by atoms with E-state index in [1.54, 1.807) is 32.4 Å². The van der Waals surface area contributed by atoms with Gasteiger partial charge in [-0.1, -0.05) is 24.4 Å². The van der Waals surface area contributed by atoms with Gasteiger partial charge in [-0.3, -0.25) is 4.79 Å². The maximum Gasteiger partial charge on any atom is 0.289 e. The van der Waals surface area contributed by atoms with Gasteiger partial charge in [0.05, 0.1) is 20.5 Å². The van der Waals surface area contributed by atoms with Crippen LogP contribution in [0.1, 0.15) is 48.5 Å². The van der Waals surface area contributed by atoms with Crippen molar-refractivity contribution in [1.29, 1.82) is 0 Å². The number of methoxy groups -OCH3 is 2. The molecule has 0 N–H and O–H groups in total. The van der Waals surface area contributed by atoms with E-state index in [1.807, 2.05) is 17.0 Å². The summed E-state index contributed by atoms with van der Waals surface area (Å²) < 4.78 is 21.4. The highest BCUT2D eigenvalue weighted by Crippen LogP contribution is 2.31. The van der Waals surface area contributed by atoms with Gasteiger partial charge in [0.2, 0.25) is 11.7 Å². The second kappa shape index (κ2) is 9.68. The largest absolute Gasteiger partial charge is 0.493 e. The number of furan rings is 1. The first kappa shape index (κ1) is 21.0. The topological polar surface area (TPSA) is 90.8 Å². The van der Waals surface area contributed by atoms with Crippen LogP contribution in [0, 0.1) is 0 Å². The van der Waals surface area contributed by atoms with Crippen molar-refractivity contribution < 1.29 is 23.2 Å². The SMILES string of the molecule is COc1ccc(-c2noc(CCN(C(=O)c3ccco3)C3CCCCC3)n2)cc1OC. The summed E-state index contributed by atoms with van der Waals surface area (Å²) in [4.78, 5) is 19.4. The minimum atomic E-state index is -0.0865. The molecule has 31 heavy (non-hydrogen) atoms. The van der Waals surface area contributed by atoms with Crippen molar-refractivity contribution in [2.24, 2.45) is 0 Å². The van der Waals surface area contributed by atoms with Crippen LogP contribution in [0.25, 0.3) is 11.4 Å². The Morgan fingerprint density at radius 2 is 1.94 bits per heavy atom. The van der Waals surface area contributed by atoms with E-state index in [4.69, 9.17) is 18.4 Å². The van der Waals surface area contributed by atoms with Crippen molar-refractivity contribution in [2.75, 3.05) is 20.8 Å². The van der Waals surface area contributed by atoms with Crippen LogP contribution in [0.4, 0.5) is 0 Å². The molecule has 0 bridgehead atoms. The van der Waals surface area contributed by atoms with Crippen LogP contribution >= 0.6 is 0 Å². The number of carbonyl (C=O) groups is 1. The summed E-state index contributed by atoms with van der Waals surface area (Å²) in [6, 6.07) is 9.11. The zero-order valence-corrected chi connectivity index (χ0v) is 17.9. The van der Waals surface area contributed by atoms with Gasteiger partial charge in [-0.2, -0.15) is 4.98 Å². The molecule has 1 saturated carbocycles. The minimum absolute atomic E-state index is 0.0865. The van der Waals surface area contributed by atoms with Gasteiger partial charge >= 0.3 is 0 Å². The van der Waals surface area contributed by atoms with Gasteiger partial charge in [-0.15, -0.1) is 0 Å². The van der Waals surface area contributed by atoms with E-state index >= 15 is 0 Å². The number of benzene rings is 1. The number of rotatable bonds is 8. The van der Waals surface area contributed by atoms with Crippen molar-refractivity contribution in [3.05, 3.63) is 48.2 Å². The van der Waals surface area contributed by atoms with Gasteiger partial charge in [0, 0.05) is 24.6 Å². The van der Waals surface area contributed by atoms with Crippen LogP contribution in [-0.2, 0) is 6.42 Å². The molecular formula is C23H27N3O5. The summed E-state index contributed by atoms with van der Waals surface area (Å²) in [6.07, 6.45) is 7.51. The molecule has 2 aromatic heterocycles. The van der Waals surface area contributed by atoms with Gasteiger partial charge < -0.3 is 23.3 Å². The monoisotopic (exact) mass is 425 g/mol. The molecule has 2 heterocycles. The lowest BCUT2D eigenvalue weighted by Gasteiger charge is -2.33. The van der Waals surface area contributed by atoms with E-state index in [2.05, 4.69) is 10.1 Å². The highest BCUT2D eigenvalue weighted by atomic mass is 16.5. The van der Waals surface area contributed by atoms with Crippen LogP contribution in [0.15, 0.2) is 45.5 Å². The van der Waals surface area contributed by atoms with E-state index in [9.17, 15) is 4.79 Å². The Balaban J connectivity index is 1.48. The van der Waals surface area contributed by atoms with E-state index in [0.29, 0.717) is 41.9 Å². The second-order valence-electron chi connectivity index (χ2n) is 7.60. The van der Waals surface area contributed by atoms with Crippen LogP contribution in [-0.4, -0.2) is 47.8 Å². The van der Waals surface area contributed by atoms with Crippen molar-refractivity contribution >= 4 is 5.91 Å². The van der Waals surface area contributed by atoms with Gasteiger partial charge in [0.15, 0.2) is 17.3 Å². The van der Waals surface area contributed by atoms with Crippen molar-refractivity contribution in [3.63, 3.8) is 0 Å². The van der Waals surface area contributed by atoms with E-state index in [0.717, 1.165) is 31.2 Å². The number of carbonyl (C=O) groups excluding carboxylic acids is 1. The average molecular weight is 425 g/mol. The zero-order chi connectivity index (χ0) is 21.6. The summed E-state index contributed by atoms with van der Waals surface area (Å²) in [7, 11) is 3.17. The molecule has 1 aliphatic rings. The Kier molecular flexibility index (Phi) is 6.54. The molecule has 0 radical (unpaired) electrons. The van der Waals surface area contributed by atoms with Crippen molar-refractivity contribution in [1.82, 2.24) is 15.0 Å². The number of nitrogens with zero attached hydrogens (tertiary/aromatic N) is 3. The molecule has 0 spiro atoms. The number of aromatic nitrogens is 2. The summed E-state index contributed by atoms with van der Waals surface area (Å²) in [6.45, 7) is 0.498. The van der Waals surface area contributed by atoms with E-state index in [1.165, 1.54) is 12.7 Å². The summed E-state index contributed by atoms with van der Waals surface area (Å²) in [5.41, 5.74) is 0.767. The molecule has 0 unspecified atom stereocenters. The van der Waals surface area contributed by atoms with Crippen LogP contribution in [0.5, 0.6) is 11.5 Å². The molecule has 1 aliphatic carbocycles. The first-order valence-corrected chi connectivity index (χ1v) is 10.6. The molecule has 3 aromatic rings. The number of amides is 1. The average Bonchev–Trinajstić information content (AvgIpc) is 3.52. The normalized spacial score (nSPS) is 14.4. The fourth-order valence-corrected chi connectivity index (χ4v) is 4.05. The standard InChI is InChI=1S/C23H27N3O5/c1-28-18-11-10-16(15-20(18)29-2)22-24-21(31-25-22)12-13-26(17-7-4-3-5-8-17)23(27)19-9-6-14-30-19/h6,9-11,14-15,17H,3-5,7-8,12-13H2,1-2H3. The highest BCUT2D eigenvalue weighted by Gasteiger charge is 2.28. The molecule has 0 aliphatic heterocycles. The predicted molar refractivity (Wildman–Crippen MR) is 113 cm³/mol. The fraction of sp³-hybridized carbons (Fsp3) is 0.435. The van der Waals surface area contributed by atoms with Crippen LogP contribution in [0.2, 0.25) is 0 Å². The molecule has 1 fully saturated rings. The third-order valence-corrected chi connectivity index (χ3v) is 5.68. The summed E-state index contributed by atoms with van der Waals surface area (Å²) in [5, 5.41) is 4.10.